The molecule has 2 nitrogen and oxygen atoms in total. The number of likely N-dealkylation sites (tertiary alicyclic amines) is 1. The summed E-state index contributed by atoms with van der Waals surface area (Å²) in [7, 11) is 1.80. The average molecular weight is 225 g/mol. The predicted octanol–water partition coefficient (Wildman–Crippen LogP) is 1.89. The fourth-order valence-corrected chi connectivity index (χ4v) is 2.52. The van der Waals surface area contributed by atoms with Crippen LogP contribution < -0.4 is 0 Å². The normalized spacial score (nSPS) is 34.4. The van der Waals surface area contributed by atoms with E-state index in [1.165, 1.54) is 0 Å². The van der Waals surface area contributed by atoms with Crippen LogP contribution in [0, 0.1) is 11.3 Å². The molecule has 1 heterocycles. The van der Waals surface area contributed by atoms with Gasteiger partial charge in [-0.25, -0.2) is 0 Å². The molecule has 0 radical (unpaired) electrons. The quantitative estimate of drug-likeness (QED) is 0.775. The zero-order valence-electron chi connectivity index (χ0n) is 9.14. The van der Waals surface area contributed by atoms with E-state index < -0.39 is 24.1 Å². The Morgan fingerprint density at radius 3 is 2.47 bits per heavy atom. The molecule has 1 fully saturated rings. The third-order valence-corrected chi connectivity index (χ3v) is 3.54. The summed E-state index contributed by atoms with van der Waals surface area (Å²) in [5.74, 6) is -1.36. The van der Waals surface area contributed by atoms with E-state index in [0.29, 0.717) is 19.5 Å². The number of aliphatic hydroxyl groups is 1. The molecular formula is C10H18F3NO. The molecule has 0 aromatic rings. The van der Waals surface area contributed by atoms with Gasteiger partial charge >= 0.3 is 6.18 Å². The highest BCUT2D eigenvalue weighted by atomic mass is 19.4. The molecule has 1 N–H and O–H groups in total. The van der Waals surface area contributed by atoms with Gasteiger partial charge in [0.1, 0.15) is 0 Å². The van der Waals surface area contributed by atoms with Crippen LogP contribution >= 0.6 is 0 Å². The lowest BCUT2D eigenvalue weighted by atomic mass is 9.69. The summed E-state index contributed by atoms with van der Waals surface area (Å²) in [4.78, 5) is 1.86. The van der Waals surface area contributed by atoms with Gasteiger partial charge in [0, 0.05) is 12.0 Å². The molecule has 90 valence electrons. The number of piperidine rings is 1. The number of nitrogens with zero attached hydrogens (tertiary/aromatic N) is 1. The first-order valence-electron chi connectivity index (χ1n) is 5.22. The first-order chi connectivity index (χ1) is 6.85. The van der Waals surface area contributed by atoms with Crippen molar-refractivity contribution >= 4 is 0 Å². The van der Waals surface area contributed by atoms with E-state index in [0.717, 1.165) is 0 Å². The fraction of sp³-hybridized carbons (Fsp3) is 1.00. The molecule has 0 unspecified atom stereocenters. The molecule has 1 saturated heterocycles. The van der Waals surface area contributed by atoms with Crippen LogP contribution in [0.5, 0.6) is 0 Å². The molecule has 15 heavy (non-hydrogen) atoms. The summed E-state index contributed by atoms with van der Waals surface area (Å²) in [6.45, 7) is 2.10. The predicted molar refractivity (Wildman–Crippen MR) is 51.5 cm³/mol. The molecule has 1 aliphatic rings. The van der Waals surface area contributed by atoms with Crippen molar-refractivity contribution in [3.8, 4) is 0 Å². The first kappa shape index (κ1) is 12.8. The maximum Gasteiger partial charge on any atom is 0.392 e. The highest BCUT2D eigenvalue weighted by Crippen LogP contribution is 2.46. The van der Waals surface area contributed by atoms with Crippen molar-refractivity contribution in [1.29, 1.82) is 0 Å². The third-order valence-electron chi connectivity index (χ3n) is 3.54. The second kappa shape index (κ2) is 4.29. The molecule has 1 rings (SSSR count). The van der Waals surface area contributed by atoms with Gasteiger partial charge in [-0.2, -0.15) is 13.2 Å². The molecular weight excluding hydrogens is 207 g/mol. The van der Waals surface area contributed by atoms with Crippen LogP contribution in [0.25, 0.3) is 0 Å². The van der Waals surface area contributed by atoms with E-state index in [1.807, 2.05) is 4.90 Å². The van der Waals surface area contributed by atoms with Gasteiger partial charge in [0.2, 0.25) is 0 Å². The molecule has 0 spiro atoms. The molecule has 0 amide bonds. The minimum absolute atomic E-state index is 0.0917. The number of alkyl halides is 3. The van der Waals surface area contributed by atoms with Crippen LogP contribution in [0.15, 0.2) is 0 Å². The highest BCUT2D eigenvalue weighted by Gasteiger charge is 2.54. The highest BCUT2D eigenvalue weighted by molar-refractivity contribution is 4.94. The van der Waals surface area contributed by atoms with Crippen LogP contribution in [0.4, 0.5) is 13.2 Å². The molecule has 0 saturated carbocycles. The zero-order valence-corrected chi connectivity index (χ0v) is 9.14. The molecule has 2 atom stereocenters. The Morgan fingerprint density at radius 2 is 2.07 bits per heavy atom. The summed E-state index contributed by atoms with van der Waals surface area (Å²) in [6, 6.07) is 0. The summed E-state index contributed by atoms with van der Waals surface area (Å²) >= 11 is 0. The maximum atomic E-state index is 12.8. The Bertz CT molecular complexity index is 213. The summed E-state index contributed by atoms with van der Waals surface area (Å²) in [6.07, 6.45) is -3.74. The number of hydrogen-bond donors (Lipinski definition) is 1. The number of hydrogen-bond acceptors (Lipinski definition) is 2. The number of rotatable bonds is 2. The summed E-state index contributed by atoms with van der Waals surface area (Å²) in [5, 5.41) is 9.27. The lowest BCUT2D eigenvalue weighted by molar-refractivity contribution is -0.229. The smallest absolute Gasteiger partial charge is 0.392 e. The minimum atomic E-state index is -4.19. The van der Waals surface area contributed by atoms with Gasteiger partial charge in [-0.15, -0.1) is 0 Å². The van der Waals surface area contributed by atoms with Crippen molar-refractivity contribution in [3.05, 3.63) is 0 Å². The van der Waals surface area contributed by atoms with E-state index in [1.54, 1.807) is 14.0 Å². The largest absolute Gasteiger partial charge is 0.396 e. The van der Waals surface area contributed by atoms with Crippen molar-refractivity contribution in [2.24, 2.45) is 11.3 Å². The van der Waals surface area contributed by atoms with Crippen LogP contribution in [0.3, 0.4) is 0 Å². The SMILES string of the molecule is CC[C@@]1(CO)CN(C)CC[C@@H]1C(F)(F)F. The second-order valence-corrected chi connectivity index (χ2v) is 4.49. The van der Waals surface area contributed by atoms with Crippen LogP contribution in [-0.4, -0.2) is 42.9 Å². The van der Waals surface area contributed by atoms with Crippen molar-refractivity contribution < 1.29 is 18.3 Å². The molecule has 0 aromatic heterocycles. The molecule has 5 heteroatoms. The van der Waals surface area contributed by atoms with Crippen LogP contribution in [0.2, 0.25) is 0 Å². The van der Waals surface area contributed by atoms with Crippen molar-refractivity contribution in [3.63, 3.8) is 0 Å². The molecule has 0 aliphatic carbocycles. The Balaban J connectivity index is 2.93. The van der Waals surface area contributed by atoms with E-state index in [-0.39, 0.29) is 6.42 Å². The summed E-state index contributed by atoms with van der Waals surface area (Å²) in [5.41, 5.74) is -1.01. The van der Waals surface area contributed by atoms with E-state index in [2.05, 4.69) is 0 Å². The monoisotopic (exact) mass is 225 g/mol. The topological polar surface area (TPSA) is 23.5 Å². The molecule has 0 aromatic carbocycles. The third kappa shape index (κ3) is 2.45. The van der Waals surface area contributed by atoms with Gasteiger partial charge in [0.25, 0.3) is 0 Å². The van der Waals surface area contributed by atoms with Crippen molar-refractivity contribution in [2.75, 3.05) is 26.7 Å². The standard InChI is InChI=1S/C10H18F3NO/c1-3-9(7-15)6-14(2)5-4-8(9)10(11,12)13/h8,15H,3-7H2,1-2H3/t8-,9-/m0/s1. The Hall–Kier alpha value is -0.290. The maximum absolute atomic E-state index is 12.8. The number of aliphatic hydroxyl groups excluding tert-OH is 1. The summed E-state index contributed by atoms with van der Waals surface area (Å²) < 4.78 is 38.4. The van der Waals surface area contributed by atoms with Gasteiger partial charge < -0.3 is 10.0 Å². The van der Waals surface area contributed by atoms with Gasteiger partial charge in [-0.1, -0.05) is 6.92 Å². The average Bonchev–Trinajstić information content (AvgIpc) is 2.15. The van der Waals surface area contributed by atoms with Crippen LogP contribution in [0.1, 0.15) is 19.8 Å². The minimum Gasteiger partial charge on any atom is -0.396 e. The van der Waals surface area contributed by atoms with E-state index in [4.69, 9.17) is 0 Å². The fourth-order valence-electron chi connectivity index (χ4n) is 2.52. The van der Waals surface area contributed by atoms with Gasteiger partial charge in [-0.3, -0.25) is 0 Å². The van der Waals surface area contributed by atoms with Crippen molar-refractivity contribution in [1.82, 2.24) is 4.90 Å². The lowest BCUT2D eigenvalue weighted by Crippen LogP contribution is -2.54. The Kier molecular flexibility index (Phi) is 3.66. The number of halogens is 3. The second-order valence-electron chi connectivity index (χ2n) is 4.49. The van der Waals surface area contributed by atoms with Gasteiger partial charge in [-0.05, 0) is 26.4 Å². The van der Waals surface area contributed by atoms with Crippen molar-refractivity contribution in [2.45, 2.75) is 25.9 Å². The Morgan fingerprint density at radius 1 is 1.47 bits per heavy atom. The first-order valence-corrected chi connectivity index (χ1v) is 5.22. The van der Waals surface area contributed by atoms with E-state index in [9.17, 15) is 18.3 Å². The van der Waals surface area contributed by atoms with Gasteiger partial charge in [0.05, 0.1) is 12.5 Å². The molecule has 0 bridgehead atoms. The Labute approximate surface area is 88.1 Å². The van der Waals surface area contributed by atoms with Crippen LogP contribution in [-0.2, 0) is 0 Å². The zero-order chi connectivity index (χ0) is 11.7. The molecule has 1 aliphatic heterocycles. The van der Waals surface area contributed by atoms with Gasteiger partial charge in [0.15, 0.2) is 0 Å². The van der Waals surface area contributed by atoms with E-state index >= 15 is 0 Å². The lowest BCUT2D eigenvalue weighted by Gasteiger charge is -2.46.